The summed E-state index contributed by atoms with van der Waals surface area (Å²) in [6, 6.07) is 29.4. The molecule has 0 fully saturated rings. The quantitative estimate of drug-likeness (QED) is 0.263. The van der Waals surface area contributed by atoms with Gasteiger partial charge in [0.05, 0.1) is 18.0 Å². The van der Waals surface area contributed by atoms with Gasteiger partial charge in [0.2, 0.25) is 0 Å². The minimum Gasteiger partial charge on any atom is -0.376 e. The summed E-state index contributed by atoms with van der Waals surface area (Å²) in [5.74, 6) is -0.0744. The predicted octanol–water partition coefficient (Wildman–Crippen LogP) is 6.37. The third kappa shape index (κ3) is 5.08. The van der Waals surface area contributed by atoms with Crippen molar-refractivity contribution in [2.45, 2.75) is 33.4 Å². The molecular weight excluding hydrogens is 422 g/mol. The Morgan fingerprint density at radius 3 is 2.00 bits per heavy atom. The number of ketones is 2. The molecule has 4 rings (SSSR count). The van der Waals surface area contributed by atoms with Crippen LogP contribution in [0.1, 0.15) is 51.4 Å². The number of hydrogen-bond donors (Lipinski definition) is 0. The lowest BCUT2D eigenvalue weighted by molar-refractivity contribution is 0.0990. The van der Waals surface area contributed by atoms with Gasteiger partial charge in [-0.3, -0.25) is 9.59 Å². The molecule has 4 aromatic rings. The summed E-state index contributed by atoms with van der Waals surface area (Å²) >= 11 is 0. The molecule has 0 saturated heterocycles. The van der Waals surface area contributed by atoms with Gasteiger partial charge in [0.15, 0.2) is 11.6 Å². The highest BCUT2D eigenvalue weighted by Gasteiger charge is 2.28. The maximum atomic E-state index is 13.3. The number of aromatic nitrogens is 1. The lowest BCUT2D eigenvalue weighted by Crippen LogP contribution is -2.10. The third-order valence-electron chi connectivity index (χ3n) is 5.93. The Labute approximate surface area is 200 Å². The number of rotatable bonds is 10. The van der Waals surface area contributed by atoms with Crippen LogP contribution in [0.5, 0.6) is 0 Å². The number of carbonyl (C=O) groups is 2. The van der Waals surface area contributed by atoms with E-state index in [2.05, 4.69) is 16.7 Å². The molecule has 0 aliphatic heterocycles. The molecule has 172 valence electrons. The smallest absolute Gasteiger partial charge is 0.167 e. The Bertz CT molecular complexity index is 1260. The maximum absolute atomic E-state index is 13.3. The van der Waals surface area contributed by atoms with Crippen molar-refractivity contribution in [3.8, 4) is 11.3 Å². The van der Waals surface area contributed by atoms with Crippen molar-refractivity contribution in [3.05, 3.63) is 119 Å². The summed E-state index contributed by atoms with van der Waals surface area (Å²) in [7, 11) is 0. The minimum atomic E-state index is -0.0606. The number of carbonyl (C=O) groups excluding carboxylic acids is 2. The molecule has 4 nitrogen and oxygen atoms in total. The van der Waals surface area contributed by atoms with Gasteiger partial charge < -0.3 is 9.30 Å². The molecule has 0 atom stereocenters. The van der Waals surface area contributed by atoms with Crippen LogP contribution < -0.4 is 0 Å². The van der Waals surface area contributed by atoms with E-state index in [1.807, 2.05) is 85.8 Å². The van der Waals surface area contributed by atoms with E-state index in [0.29, 0.717) is 30.9 Å². The van der Waals surface area contributed by atoms with Crippen molar-refractivity contribution in [1.82, 2.24) is 4.57 Å². The lowest BCUT2D eigenvalue weighted by Gasteiger charge is -2.15. The Balaban J connectivity index is 1.95. The molecule has 0 saturated carbocycles. The molecule has 34 heavy (non-hydrogen) atoms. The summed E-state index contributed by atoms with van der Waals surface area (Å²) in [5, 5.41) is 0. The van der Waals surface area contributed by atoms with Gasteiger partial charge in [-0.15, -0.1) is 0 Å². The SMILES string of the molecule is CCOCc1c(C(C)=O)c(CC(=O)c2ccccc2)c(-c2ccccc2)n1Cc1ccccc1. The van der Waals surface area contributed by atoms with Crippen LogP contribution in [-0.4, -0.2) is 22.7 Å². The highest BCUT2D eigenvalue weighted by molar-refractivity contribution is 6.04. The molecule has 1 heterocycles. The highest BCUT2D eigenvalue weighted by atomic mass is 16.5. The van der Waals surface area contributed by atoms with Crippen LogP contribution >= 0.6 is 0 Å². The zero-order valence-corrected chi connectivity index (χ0v) is 19.7. The molecule has 4 heteroatoms. The van der Waals surface area contributed by atoms with Crippen LogP contribution in [-0.2, 0) is 24.3 Å². The molecule has 0 spiro atoms. The Hall–Kier alpha value is -3.76. The molecule has 0 aliphatic rings. The number of hydrogen-bond acceptors (Lipinski definition) is 3. The van der Waals surface area contributed by atoms with Crippen LogP contribution in [0.4, 0.5) is 0 Å². The first-order chi connectivity index (χ1) is 16.6. The fourth-order valence-electron chi connectivity index (χ4n) is 4.42. The Kier molecular flexibility index (Phi) is 7.51. The van der Waals surface area contributed by atoms with Crippen LogP contribution in [0, 0.1) is 0 Å². The molecule has 0 aliphatic carbocycles. The third-order valence-corrected chi connectivity index (χ3v) is 5.93. The van der Waals surface area contributed by atoms with Gasteiger partial charge in [-0.25, -0.2) is 0 Å². The van der Waals surface area contributed by atoms with E-state index in [9.17, 15) is 9.59 Å². The average molecular weight is 452 g/mol. The van der Waals surface area contributed by atoms with Crippen LogP contribution in [0.3, 0.4) is 0 Å². The molecular formula is C30H29NO3. The van der Waals surface area contributed by atoms with E-state index >= 15 is 0 Å². The maximum Gasteiger partial charge on any atom is 0.167 e. The fourth-order valence-corrected chi connectivity index (χ4v) is 4.42. The second-order valence-corrected chi connectivity index (χ2v) is 8.25. The molecule has 0 radical (unpaired) electrons. The Morgan fingerprint density at radius 2 is 1.41 bits per heavy atom. The minimum absolute atomic E-state index is 0.0138. The standard InChI is InChI=1S/C30H29NO3/c1-3-34-21-27-29(22(2)32)26(19-28(33)24-15-9-5-10-16-24)30(25-17-11-6-12-18-25)31(27)20-23-13-7-4-8-14-23/h4-18H,3,19-21H2,1-2H3. The Morgan fingerprint density at radius 1 is 0.824 bits per heavy atom. The zero-order valence-electron chi connectivity index (χ0n) is 19.7. The van der Waals surface area contributed by atoms with E-state index in [0.717, 1.165) is 28.1 Å². The van der Waals surface area contributed by atoms with Crippen LogP contribution in [0.15, 0.2) is 91.0 Å². The van der Waals surface area contributed by atoms with Gasteiger partial charge in [0.25, 0.3) is 0 Å². The summed E-state index contributed by atoms with van der Waals surface area (Å²) in [5.41, 5.74) is 5.79. The van der Waals surface area contributed by atoms with Gasteiger partial charge >= 0.3 is 0 Å². The van der Waals surface area contributed by atoms with Gasteiger partial charge in [0, 0.05) is 30.7 Å². The molecule has 1 aromatic heterocycles. The van der Waals surface area contributed by atoms with Crippen LogP contribution in [0.2, 0.25) is 0 Å². The normalized spacial score (nSPS) is 10.9. The van der Waals surface area contributed by atoms with Crippen molar-refractivity contribution in [1.29, 1.82) is 0 Å². The second-order valence-electron chi connectivity index (χ2n) is 8.25. The fraction of sp³-hybridized carbons (Fsp3) is 0.200. The summed E-state index contributed by atoms with van der Waals surface area (Å²) in [6.07, 6.45) is 0.143. The summed E-state index contributed by atoms with van der Waals surface area (Å²) in [4.78, 5) is 26.4. The predicted molar refractivity (Wildman–Crippen MR) is 135 cm³/mol. The van der Waals surface area contributed by atoms with E-state index in [-0.39, 0.29) is 18.0 Å². The van der Waals surface area contributed by atoms with Crippen LogP contribution in [0.25, 0.3) is 11.3 Å². The topological polar surface area (TPSA) is 48.3 Å². The average Bonchev–Trinajstić information content (AvgIpc) is 3.16. The molecule has 0 amide bonds. The van der Waals surface area contributed by atoms with E-state index < -0.39 is 0 Å². The first kappa shape index (κ1) is 23.4. The van der Waals surface area contributed by atoms with Crippen molar-refractivity contribution in [2.24, 2.45) is 0 Å². The van der Waals surface area contributed by atoms with Crippen molar-refractivity contribution >= 4 is 11.6 Å². The number of nitrogens with zero attached hydrogens (tertiary/aromatic N) is 1. The monoisotopic (exact) mass is 451 g/mol. The number of benzene rings is 3. The highest BCUT2D eigenvalue weighted by Crippen LogP contribution is 2.35. The van der Waals surface area contributed by atoms with Crippen molar-refractivity contribution in [2.75, 3.05) is 6.61 Å². The lowest BCUT2D eigenvalue weighted by atomic mass is 9.95. The van der Waals surface area contributed by atoms with Gasteiger partial charge in [-0.05, 0) is 30.5 Å². The van der Waals surface area contributed by atoms with Crippen molar-refractivity contribution < 1.29 is 14.3 Å². The van der Waals surface area contributed by atoms with E-state index in [1.54, 1.807) is 6.92 Å². The van der Waals surface area contributed by atoms with E-state index in [1.165, 1.54) is 0 Å². The summed E-state index contributed by atoms with van der Waals surface area (Å²) in [6.45, 7) is 4.93. The molecule has 0 bridgehead atoms. The largest absolute Gasteiger partial charge is 0.376 e. The van der Waals surface area contributed by atoms with Gasteiger partial charge in [0.1, 0.15) is 0 Å². The zero-order chi connectivity index (χ0) is 23.9. The van der Waals surface area contributed by atoms with E-state index in [4.69, 9.17) is 4.74 Å². The second kappa shape index (κ2) is 10.9. The first-order valence-electron chi connectivity index (χ1n) is 11.6. The van der Waals surface area contributed by atoms with Gasteiger partial charge in [-0.2, -0.15) is 0 Å². The van der Waals surface area contributed by atoms with Crippen molar-refractivity contribution in [3.63, 3.8) is 0 Å². The first-order valence-corrected chi connectivity index (χ1v) is 11.6. The molecule has 3 aromatic carbocycles. The number of ether oxygens (including phenoxy) is 1. The molecule has 0 unspecified atom stereocenters. The number of Topliss-reactive ketones (excluding diaryl/α,β-unsaturated/α-hetero) is 2. The van der Waals surface area contributed by atoms with Gasteiger partial charge in [-0.1, -0.05) is 91.0 Å². The molecule has 0 N–H and O–H groups in total. The summed E-state index contributed by atoms with van der Waals surface area (Å²) < 4.78 is 7.98.